The first-order valence-electron chi connectivity index (χ1n) is 4.37. The molecule has 0 amide bonds. The summed E-state index contributed by atoms with van der Waals surface area (Å²) in [6.45, 7) is 10.5. The standard InChI is InChI=1S/C10H18OSi/c1-9(2)8-10(11)6-7-12(3,4)5/h9H,8H2,1-5H3. The molecule has 0 aromatic rings. The average molecular weight is 182 g/mol. The van der Waals surface area contributed by atoms with Gasteiger partial charge in [0.1, 0.15) is 8.07 Å². The zero-order valence-electron chi connectivity index (χ0n) is 8.69. The maximum atomic E-state index is 11.1. The minimum atomic E-state index is -1.35. The van der Waals surface area contributed by atoms with Crippen molar-refractivity contribution in [3.8, 4) is 11.5 Å². The Balaban J connectivity index is 4.06. The van der Waals surface area contributed by atoms with E-state index in [0.717, 1.165) is 0 Å². The Hall–Kier alpha value is -0.553. The minimum absolute atomic E-state index is 0.0902. The highest BCUT2D eigenvalue weighted by atomic mass is 28.3. The lowest BCUT2D eigenvalue weighted by atomic mass is 10.1. The van der Waals surface area contributed by atoms with E-state index in [0.29, 0.717) is 12.3 Å². The van der Waals surface area contributed by atoms with Gasteiger partial charge in [-0.1, -0.05) is 33.5 Å². The highest BCUT2D eigenvalue weighted by Gasteiger charge is 2.08. The zero-order chi connectivity index (χ0) is 9.78. The van der Waals surface area contributed by atoms with Crippen molar-refractivity contribution in [2.24, 2.45) is 5.92 Å². The summed E-state index contributed by atoms with van der Waals surface area (Å²) in [5, 5.41) is 0. The maximum Gasteiger partial charge on any atom is 0.205 e. The van der Waals surface area contributed by atoms with Gasteiger partial charge in [0.25, 0.3) is 0 Å². The number of hydrogen-bond acceptors (Lipinski definition) is 1. The average Bonchev–Trinajstić information content (AvgIpc) is 1.80. The molecular weight excluding hydrogens is 164 g/mol. The summed E-state index contributed by atoms with van der Waals surface area (Å²) in [5.74, 6) is 3.24. The summed E-state index contributed by atoms with van der Waals surface area (Å²) in [6, 6.07) is 0. The van der Waals surface area contributed by atoms with E-state index in [2.05, 4.69) is 31.1 Å². The second-order valence-electron chi connectivity index (χ2n) is 4.52. The Bertz CT molecular complexity index is 212. The summed E-state index contributed by atoms with van der Waals surface area (Å²) in [5.41, 5.74) is 3.07. The SMILES string of the molecule is CC(C)CC(=O)C#C[Si](C)(C)C. The van der Waals surface area contributed by atoms with Gasteiger partial charge in [0, 0.05) is 6.42 Å². The topological polar surface area (TPSA) is 17.1 Å². The van der Waals surface area contributed by atoms with Gasteiger partial charge in [-0.05, 0) is 11.8 Å². The van der Waals surface area contributed by atoms with Gasteiger partial charge in [-0.15, -0.1) is 5.54 Å². The van der Waals surface area contributed by atoms with E-state index in [1.54, 1.807) is 0 Å². The molecule has 0 bridgehead atoms. The second kappa shape index (κ2) is 4.47. The predicted molar refractivity (Wildman–Crippen MR) is 55.6 cm³/mol. The third-order valence-electron chi connectivity index (χ3n) is 1.17. The van der Waals surface area contributed by atoms with E-state index in [9.17, 15) is 4.79 Å². The summed E-state index contributed by atoms with van der Waals surface area (Å²) < 4.78 is 0. The molecule has 0 heterocycles. The van der Waals surface area contributed by atoms with Gasteiger partial charge in [-0.25, -0.2) is 0 Å². The van der Waals surface area contributed by atoms with Crippen LogP contribution in [0.5, 0.6) is 0 Å². The molecule has 0 aliphatic rings. The Morgan fingerprint density at radius 2 is 1.83 bits per heavy atom. The summed E-state index contributed by atoms with van der Waals surface area (Å²) in [6.07, 6.45) is 0.595. The van der Waals surface area contributed by atoms with Crippen molar-refractivity contribution in [1.29, 1.82) is 0 Å². The molecule has 0 N–H and O–H groups in total. The number of ketones is 1. The van der Waals surface area contributed by atoms with Gasteiger partial charge >= 0.3 is 0 Å². The molecule has 68 valence electrons. The normalized spacial score (nSPS) is 10.8. The van der Waals surface area contributed by atoms with E-state index in [4.69, 9.17) is 0 Å². The van der Waals surface area contributed by atoms with Crippen molar-refractivity contribution < 1.29 is 4.79 Å². The van der Waals surface area contributed by atoms with Crippen LogP contribution in [-0.2, 0) is 4.79 Å². The molecule has 0 fully saturated rings. The maximum absolute atomic E-state index is 11.1. The molecule has 0 atom stereocenters. The van der Waals surface area contributed by atoms with Crippen molar-refractivity contribution in [3.05, 3.63) is 0 Å². The summed E-state index contributed by atoms with van der Waals surface area (Å²) in [7, 11) is -1.35. The molecule has 0 rings (SSSR count). The monoisotopic (exact) mass is 182 g/mol. The van der Waals surface area contributed by atoms with Gasteiger partial charge in [-0.2, -0.15) is 0 Å². The first-order chi connectivity index (χ1) is 5.31. The Labute approximate surface area is 76.6 Å². The Morgan fingerprint density at radius 3 is 2.17 bits per heavy atom. The van der Waals surface area contributed by atoms with Crippen LogP contribution in [-0.4, -0.2) is 13.9 Å². The first-order valence-corrected chi connectivity index (χ1v) is 7.87. The lowest BCUT2D eigenvalue weighted by molar-refractivity contribution is -0.114. The first kappa shape index (κ1) is 11.4. The summed E-state index contributed by atoms with van der Waals surface area (Å²) in [4.78, 5) is 11.1. The van der Waals surface area contributed by atoms with Crippen LogP contribution in [0.1, 0.15) is 20.3 Å². The van der Waals surface area contributed by atoms with Crippen molar-refractivity contribution in [2.75, 3.05) is 0 Å². The van der Waals surface area contributed by atoms with Gasteiger partial charge in [0.2, 0.25) is 5.78 Å². The van der Waals surface area contributed by atoms with Crippen LogP contribution in [0.3, 0.4) is 0 Å². The molecule has 0 aliphatic heterocycles. The fraction of sp³-hybridized carbons (Fsp3) is 0.700. The summed E-state index contributed by atoms with van der Waals surface area (Å²) >= 11 is 0. The quantitative estimate of drug-likeness (QED) is 0.473. The molecule has 0 saturated carbocycles. The molecule has 0 aromatic heterocycles. The van der Waals surface area contributed by atoms with Crippen LogP contribution in [0.15, 0.2) is 0 Å². The van der Waals surface area contributed by atoms with Gasteiger partial charge in [-0.3, -0.25) is 4.79 Å². The second-order valence-corrected chi connectivity index (χ2v) is 9.27. The molecule has 12 heavy (non-hydrogen) atoms. The third kappa shape index (κ3) is 7.55. The molecule has 0 aromatic carbocycles. The van der Waals surface area contributed by atoms with Gasteiger partial charge < -0.3 is 0 Å². The van der Waals surface area contributed by atoms with Crippen LogP contribution >= 0.6 is 0 Å². The van der Waals surface area contributed by atoms with E-state index < -0.39 is 8.07 Å². The molecule has 2 heteroatoms. The fourth-order valence-corrected chi connectivity index (χ4v) is 1.19. The fourth-order valence-electron chi connectivity index (χ4n) is 0.679. The van der Waals surface area contributed by atoms with Crippen molar-refractivity contribution in [3.63, 3.8) is 0 Å². The van der Waals surface area contributed by atoms with Crippen LogP contribution in [0.4, 0.5) is 0 Å². The van der Waals surface area contributed by atoms with Crippen LogP contribution in [0.25, 0.3) is 0 Å². The van der Waals surface area contributed by atoms with E-state index >= 15 is 0 Å². The highest BCUT2D eigenvalue weighted by Crippen LogP contribution is 2.00. The molecular formula is C10H18OSi. The number of carbonyl (C=O) groups is 1. The number of rotatable bonds is 2. The zero-order valence-corrected chi connectivity index (χ0v) is 9.69. The van der Waals surface area contributed by atoms with Crippen LogP contribution in [0.2, 0.25) is 19.6 Å². The number of hydrogen-bond donors (Lipinski definition) is 0. The Kier molecular flexibility index (Phi) is 4.26. The smallest absolute Gasteiger partial charge is 0.205 e. The third-order valence-corrected chi connectivity index (χ3v) is 2.05. The van der Waals surface area contributed by atoms with Crippen LogP contribution < -0.4 is 0 Å². The predicted octanol–water partition coefficient (Wildman–Crippen LogP) is 2.48. The largest absolute Gasteiger partial charge is 0.285 e. The van der Waals surface area contributed by atoms with E-state index in [1.807, 2.05) is 13.8 Å². The lowest BCUT2D eigenvalue weighted by Gasteiger charge is -2.03. The van der Waals surface area contributed by atoms with Gasteiger partial charge in [0.15, 0.2) is 0 Å². The van der Waals surface area contributed by atoms with E-state index in [1.165, 1.54) is 0 Å². The molecule has 1 nitrogen and oxygen atoms in total. The number of Topliss-reactive ketones (excluding diaryl/α,β-unsaturated/α-hetero) is 1. The van der Waals surface area contributed by atoms with Gasteiger partial charge in [0.05, 0.1) is 0 Å². The minimum Gasteiger partial charge on any atom is -0.285 e. The molecule has 0 unspecified atom stereocenters. The molecule has 0 aliphatic carbocycles. The van der Waals surface area contributed by atoms with Crippen molar-refractivity contribution in [2.45, 2.75) is 39.9 Å². The lowest BCUT2D eigenvalue weighted by Crippen LogP contribution is -2.17. The van der Waals surface area contributed by atoms with Crippen LogP contribution in [0, 0.1) is 17.4 Å². The van der Waals surface area contributed by atoms with Crippen molar-refractivity contribution >= 4 is 13.9 Å². The van der Waals surface area contributed by atoms with Crippen molar-refractivity contribution in [1.82, 2.24) is 0 Å². The molecule has 0 radical (unpaired) electrons. The van der Waals surface area contributed by atoms with E-state index in [-0.39, 0.29) is 5.78 Å². The Morgan fingerprint density at radius 1 is 1.33 bits per heavy atom. The number of carbonyl (C=O) groups excluding carboxylic acids is 1. The highest BCUT2D eigenvalue weighted by molar-refractivity contribution is 6.84. The molecule has 0 spiro atoms. The molecule has 0 saturated heterocycles.